The van der Waals surface area contributed by atoms with E-state index in [1.807, 2.05) is 24.4 Å². The van der Waals surface area contributed by atoms with Crippen LogP contribution in [0.25, 0.3) is 10.9 Å². The summed E-state index contributed by atoms with van der Waals surface area (Å²) in [5, 5.41) is 1.18. The molecule has 2 rings (SSSR count). The van der Waals surface area contributed by atoms with Crippen molar-refractivity contribution < 1.29 is 9.53 Å². The number of aryl methyl sites for hydroxylation is 1. The second kappa shape index (κ2) is 5.99. The minimum absolute atomic E-state index is 0.498. The number of carbonyl (C=O) groups is 1. The molecule has 0 spiro atoms. The lowest BCUT2D eigenvalue weighted by Gasteiger charge is -2.03. The predicted molar refractivity (Wildman–Crippen MR) is 66.7 cm³/mol. The first-order chi connectivity index (χ1) is 8.40. The molecule has 0 N–H and O–H groups in total. The van der Waals surface area contributed by atoms with Gasteiger partial charge in [0.2, 0.25) is 0 Å². The Morgan fingerprint density at radius 2 is 2.12 bits per heavy atom. The highest BCUT2D eigenvalue weighted by molar-refractivity contribution is 5.78. The Balaban J connectivity index is 1.92. The van der Waals surface area contributed by atoms with E-state index in [0.717, 1.165) is 24.8 Å². The molecule has 2 aromatic rings. The van der Waals surface area contributed by atoms with Crippen molar-refractivity contribution >= 4 is 17.4 Å². The van der Waals surface area contributed by atoms with Crippen LogP contribution in [0.2, 0.25) is 0 Å². The van der Waals surface area contributed by atoms with Gasteiger partial charge in [-0.25, -0.2) is 0 Å². The Morgan fingerprint density at radius 1 is 1.24 bits per heavy atom. The number of fused-ring (bicyclic) bond motifs is 1. The van der Waals surface area contributed by atoms with Crippen molar-refractivity contribution in [2.75, 3.05) is 6.61 Å². The number of nitrogens with zero attached hydrogens (tertiary/aromatic N) is 1. The molecule has 1 aromatic heterocycles. The average Bonchev–Trinajstić information content (AvgIpc) is 2.38. The standard InChI is InChI=1S/C14H15NO2/c16-11-17-8-4-3-5-12-9-13-6-1-2-7-14(13)15-10-12/h1-2,6-7,9-11H,3-5,8H2. The molecule has 0 atom stereocenters. The van der Waals surface area contributed by atoms with Gasteiger partial charge in [0.25, 0.3) is 6.47 Å². The fraction of sp³-hybridized carbons (Fsp3) is 0.286. The Labute approximate surface area is 100 Å². The first kappa shape index (κ1) is 11.6. The van der Waals surface area contributed by atoms with Gasteiger partial charge < -0.3 is 4.74 Å². The van der Waals surface area contributed by atoms with E-state index < -0.39 is 0 Å². The number of rotatable bonds is 6. The van der Waals surface area contributed by atoms with Gasteiger partial charge in [0.05, 0.1) is 12.1 Å². The van der Waals surface area contributed by atoms with Crippen LogP contribution in [0.15, 0.2) is 36.5 Å². The highest BCUT2D eigenvalue weighted by Gasteiger charge is 1.97. The third-order valence-corrected chi connectivity index (χ3v) is 2.69. The van der Waals surface area contributed by atoms with Crippen LogP contribution >= 0.6 is 0 Å². The molecule has 0 fully saturated rings. The number of hydrogen-bond donors (Lipinski definition) is 0. The maximum atomic E-state index is 9.95. The minimum atomic E-state index is 0.498. The second-order valence-electron chi connectivity index (χ2n) is 3.96. The molecule has 3 heteroatoms. The SMILES string of the molecule is O=COCCCCc1cnc2ccccc2c1. The predicted octanol–water partition coefficient (Wildman–Crippen LogP) is 2.73. The third kappa shape index (κ3) is 3.28. The molecule has 88 valence electrons. The molecule has 0 unspecified atom stereocenters. The van der Waals surface area contributed by atoms with Crippen LogP contribution < -0.4 is 0 Å². The van der Waals surface area contributed by atoms with Gasteiger partial charge in [0.15, 0.2) is 0 Å². The van der Waals surface area contributed by atoms with E-state index in [2.05, 4.69) is 21.9 Å². The van der Waals surface area contributed by atoms with Crippen LogP contribution in [0.5, 0.6) is 0 Å². The van der Waals surface area contributed by atoms with Crippen LogP contribution in [-0.4, -0.2) is 18.1 Å². The monoisotopic (exact) mass is 229 g/mol. The molecule has 0 radical (unpaired) electrons. The van der Waals surface area contributed by atoms with E-state index >= 15 is 0 Å². The van der Waals surface area contributed by atoms with Gasteiger partial charge in [0, 0.05) is 11.6 Å². The minimum Gasteiger partial charge on any atom is -0.468 e. The summed E-state index contributed by atoms with van der Waals surface area (Å²) in [5.74, 6) is 0. The number of carbonyl (C=O) groups excluding carboxylic acids is 1. The zero-order valence-electron chi connectivity index (χ0n) is 9.63. The summed E-state index contributed by atoms with van der Waals surface area (Å²) in [4.78, 5) is 14.4. The summed E-state index contributed by atoms with van der Waals surface area (Å²) in [7, 11) is 0. The van der Waals surface area contributed by atoms with E-state index in [4.69, 9.17) is 0 Å². The zero-order chi connectivity index (χ0) is 11.9. The summed E-state index contributed by atoms with van der Waals surface area (Å²) in [6.45, 7) is 1.00. The van der Waals surface area contributed by atoms with Gasteiger partial charge in [0.1, 0.15) is 0 Å². The lowest BCUT2D eigenvalue weighted by molar-refractivity contribution is -0.128. The van der Waals surface area contributed by atoms with Crippen molar-refractivity contribution in [1.29, 1.82) is 0 Å². The van der Waals surface area contributed by atoms with Crippen LogP contribution in [0.1, 0.15) is 18.4 Å². The van der Waals surface area contributed by atoms with E-state index in [9.17, 15) is 4.79 Å². The second-order valence-corrected chi connectivity index (χ2v) is 3.96. The molecule has 3 nitrogen and oxygen atoms in total. The number of ether oxygens (including phenoxy) is 1. The fourth-order valence-electron chi connectivity index (χ4n) is 1.82. The van der Waals surface area contributed by atoms with E-state index in [1.165, 1.54) is 10.9 Å². The molecule has 0 aliphatic heterocycles. The highest BCUT2D eigenvalue weighted by atomic mass is 16.5. The maximum absolute atomic E-state index is 9.95. The molecule has 0 amide bonds. The molecule has 1 heterocycles. The first-order valence-corrected chi connectivity index (χ1v) is 5.79. The topological polar surface area (TPSA) is 39.2 Å². The van der Waals surface area contributed by atoms with Crippen LogP contribution in [0.4, 0.5) is 0 Å². The normalized spacial score (nSPS) is 10.4. The van der Waals surface area contributed by atoms with Crippen LogP contribution in [-0.2, 0) is 16.0 Å². The van der Waals surface area contributed by atoms with E-state index in [0.29, 0.717) is 13.1 Å². The molecule has 0 saturated heterocycles. The van der Waals surface area contributed by atoms with E-state index in [-0.39, 0.29) is 0 Å². The first-order valence-electron chi connectivity index (χ1n) is 5.79. The van der Waals surface area contributed by atoms with Gasteiger partial charge in [-0.1, -0.05) is 18.2 Å². The number of unbranched alkanes of at least 4 members (excludes halogenated alkanes) is 1. The van der Waals surface area contributed by atoms with Crippen molar-refractivity contribution in [3.63, 3.8) is 0 Å². The quantitative estimate of drug-likeness (QED) is 0.564. The Bertz CT molecular complexity index is 496. The molecule has 1 aromatic carbocycles. The van der Waals surface area contributed by atoms with Gasteiger partial charge >= 0.3 is 0 Å². The molecule has 0 bridgehead atoms. The fourth-order valence-corrected chi connectivity index (χ4v) is 1.82. The van der Waals surface area contributed by atoms with Crippen molar-refractivity contribution in [1.82, 2.24) is 4.98 Å². The van der Waals surface area contributed by atoms with Crippen molar-refractivity contribution in [2.24, 2.45) is 0 Å². The Morgan fingerprint density at radius 3 is 3.00 bits per heavy atom. The summed E-state index contributed by atoms with van der Waals surface area (Å²) in [6, 6.07) is 10.3. The smallest absolute Gasteiger partial charge is 0.293 e. The zero-order valence-corrected chi connectivity index (χ0v) is 9.63. The average molecular weight is 229 g/mol. The van der Waals surface area contributed by atoms with Gasteiger partial charge in [-0.15, -0.1) is 0 Å². The summed E-state index contributed by atoms with van der Waals surface area (Å²) >= 11 is 0. The lowest BCUT2D eigenvalue weighted by Crippen LogP contribution is -1.94. The molecule has 0 saturated carbocycles. The molecular weight excluding hydrogens is 214 g/mol. The molecule has 0 aliphatic rings. The number of aromatic nitrogens is 1. The summed E-state index contributed by atoms with van der Waals surface area (Å²) < 4.78 is 4.65. The maximum Gasteiger partial charge on any atom is 0.293 e. The molecule has 17 heavy (non-hydrogen) atoms. The summed E-state index contributed by atoms with van der Waals surface area (Å²) in [5.41, 5.74) is 2.26. The number of benzene rings is 1. The number of para-hydroxylation sites is 1. The van der Waals surface area contributed by atoms with Crippen molar-refractivity contribution in [2.45, 2.75) is 19.3 Å². The number of hydrogen-bond acceptors (Lipinski definition) is 3. The third-order valence-electron chi connectivity index (χ3n) is 2.69. The summed E-state index contributed by atoms with van der Waals surface area (Å²) in [6.07, 6.45) is 4.79. The lowest BCUT2D eigenvalue weighted by atomic mass is 10.1. The van der Waals surface area contributed by atoms with Crippen LogP contribution in [0.3, 0.4) is 0 Å². The van der Waals surface area contributed by atoms with Gasteiger partial charge in [-0.2, -0.15) is 0 Å². The molecule has 0 aliphatic carbocycles. The number of pyridine rings is 1. The largest absolute Gasteiger partial charge is 0.468 e. The Kier molecular flexibility index (Phi) is 4.08. The van der Waals surface area contributed by atoms with Crippen LogP contribution in [0, 0.1) is 0 Å². The van der Waals surface area contributed by atoms with Crippen molar-refractivity contribution in [3.8, 4) is 0 Å². The van der Waals surface area contributed by atoms with Gasteiger partial charge in [-0.3, -0.25) is 9.78 Å². The van der Waals surface area contributed by atoms with Gasteiger partial charge in [-0.05, 0) is 37.0 Å². The molecular formula is C14H15NO2. The van der Waals surface area contributed by atoms with E-state index in [1.54, 1.807) is 0 Å². The Hall–Kier alpha value is -1.90. The van der Waals surface area contributed by atoms with Crippen molar-refractivity contribution in [3.05, 3.63) is 42.1 Å². The highest BCUT2D eigenvalue weighted by Crippen LogP contribution is 2.14.